The van der Waals surface area contributed by atoms with Gasteiger partial charge in [-0.05, 0) is 32.1 Å². The highest BCUT2D eigenvalue weighted by atomic mass is 32.2. The summed E-state index contributed by atoms with van der Waals surface area (Å²) >= 11 is 0. The van der Waals surface area contributed by atoms with E-state index < -0.39 is 19.3 Å². The molecule has 0 aromatic rings. The molecule has 21 heavy (non-hydrogen) atoms. The predicted octanol–water partition coefficient (Wildman–Crippen LogP) is 2.09. The molecule has 0 unspecified atom stereocenters. The lowest BCUT2D eigenvalue weighted by molar-refractivity contribution is -0.189. The number of nitrogens with zero attached hydrogens (tertiary/aromatic N) is 1. The van der Waals surface area contributed by atoms with Gasteiger partial charge in [0, 0.05) is 25.0 Å². The second kappa shape index (κ2) is 4.24. The molecular weight excluding hydrogens is 286 g/mol. The number of sulfone groups is 1. The Bertz CT molecular complexity index is 528. The van der Waals surface area contributed by atoms with Crippen molar-refractivity contribution in [3.8, 4) is 0 Å². The Hall–Kier alpha value is -0.130. The zero-order valence-corrected chi connectivity index (χ0v) is 14.8. The smallest absolute Gasteiger partial charge is 0.162 e. The van der Waals surface area contributed by atoms with Crippen LogP contribution in [0.3, 0.4) is 0 Å². The molecule has 3 aliphatic rings. The lowest BCUT2D eigenvalue weighted by Crippen LogP contribution is -2.68. The molecule has 5 heteroatoms. The fourth-order valence-electron chi connectivity index (χ4n) is 4.28. The number of hydrogen-bond acceptors (Lipinski definition) is 4. The van der Waals surface area contributed by atoms with Gasteiger partial charge in [-0.1, -0.05) is 20.8 Å². The third-order valence-corrected chi connectivity index (χ3v) is 9.49. The van der Waals surface area contributed by atoms with Crippen LogP contribution in [0, 0.1) is 10.8 Å². The van der Waals surface area contributed by atoms with Gasteiger partial charge >= 0.3 is 0 Å². The van der Waals surface area contributed by atoms with Crippen LogP contribution in [0.15, 0.2) is 0 Å². The Labute approximate surface area is 129 Å². The van der Waals surface area contributed by atoms with Gasteiger partial charge in [0.05, 0.1) is 22.7 Å². The number of ether oxygens (including phenoxy) is 1. The molecule has 3 rings (SSSR count). The summed E-state index contributed by atoms with van der Waals surface area (Å²) in [6.45, 7) is 14.4. The van der Waals surface area contributed by atoms with Crippen LogP contribution < -0.4 is 0 Å². The van der Waals surface area contributed by atoms with E-state index in [0.29, 0.717) is 12.0 Å². The van der Waals surface area contributed by atoms with Crippen LogP contribution in [0.1, 0.15) is 47.5 Å². The van der Waals surface area contributed by atoms with Crippen LogP contribution in [-0.4, -0.2) is 55.7 Å². The van der Waals surface area contributed by atoms with E-state index in [9.17, 15) is 8.42 Å². The van der Waals surface area contributed by atoms with Crippen LogP contribution >= 0.6 is 0 Å². The van der Waals surface area contributed by atoms with Gasteiger partial charge in [0.1, 0.15) is 0 Å². The van der Waals surface area contributed by atoms with Crippen LogP contribution in [0.5, 0.6) is 0 Å². The third-order valence-electron chi connectivity index (χ3n) is 5.85. The van der Waals surface area contributed by atoms with Crippen molar-refractivity contribution < 1.29 is 13.2 Å². The summed E-state index contributed by atoms with van der Waals surface area (Å²) in [6, 6.07) is 0. The largest absolute Gasteiger partial charge is 0.380 e. The van der Waals surface area contributed by atoms with Gasteiger partial charge in [-0.2, -0.15) is 0 Å². The molecule has 1 spiro atoms. The van der Waals surface area contributed by atoms with E-state index in [2.05, 4.69) is 25.7 Å². The van der Waals surface area contributed by atoms with Crippen molar-refractivity contribution in [1.29, 1.82) is 0 Å². The summed E-state index contributed by atoms with van der Waals surface area (Å²) in [5.74, 6) is 0. The van der Waals surface area contributed by atoms with Gasteiger partial charge in [0.25, 0.3) is 0 Å². The molecule has 0 aromatic heterocycles. The minimum atomic E-state index is -3.15. The topological polar surface area (TPSA) is 46.6 Å². The molecule has 2 heterocycles. The van der Waals surface area contributed by atoms with Crippen molar-refractivity contribution in [2.24, 2.45) is 10.8 Å². The summed E-state index contributed by atoms with van der Waals surface area (Å²) in [6.07, 6.45) is 1.64. The molecule has 1 aliphatic carbocycles. The minimum absolute atomic E-state index is 0.179. The maximum absolute atomic E-state index is 13.3. The van der Waals surface area contributed by atoms with Crippen molar-refractivity contribution >= 4 is 9.84 Å². The maximum atomic E-state index is 13.3. The van der Waals surface area contributed by atoms with E-state index in [1.807, 2.05) is 13.8 Å². The Morgan fingerprint density at radius 2 is 1.57 bits per heavy atom. The summed E-state index contributed by atoms with van der Waals surface area (Å²) in [5, 5.41) is 0. The summed E-state index contributed by atoms with van der Waals surface area (Å²) in [7, 11) is -3.15. The second-order valence-corrected chi connectivity index (χ2v) is 12.0. The quantitative estimate of drug-likeness (QED) is 0.797. The van der Waals surface area contributed by atoms with Crippen LogP contribution in [0.2, 0.25) is 0 Å². The molecule has 1 saturated carbocycles. The van der Waals surface area contributed by atoms with Crippen LogP contribution in [-0.2, 0) is 14.6 Å². The lowest BCUT2D eigenvalue weighted by atomic mass is 9.77. The fourth-order valence-corrected chi connectivity index (χ4v) is 7.13. The highest BCUT2D eigenvalue weighted by molar-refractivity contribution is 7.94. The molecule has 0 aromatic carbocycles. The first-order chi connectivity index (χ1) is 9.45. The van der Waals surface area contributed by atoms with Gasteiger partial charge in [0.15, 0.2) is 9.84 Å². The van der Waals surface area contributed by atoms with Crippen molar-refractivity contribution in [1.82, 2.24) is 4.90 Å². The predicted molar refractivity (Wildman–Crippen MR) is 84.1 cm³/mol. The van der Waals surface area contributed by atoms with Gasteiger partial charge in [-0.3, -0.25) is 0 Å². The summed E-state index contributed by atoms with van der Waals surface area (Å²) in [5.41, 5.74) is 0.169. The molecule has 0 N–H and O–H groups in total. The summed E-state index contributed by atoms with van der Waals surface area (Å²) < 4.78 is 30.6. The molecule has 2 aliphatic heterocycles. The standard InChI is InChI=1S/C16H29NO3S/c1-13(2,3)16(6-7-16)21(18,19)14(4,5)8-17-9-15(10-17)11-20-12-15/h6-12H2,1-5H3. The Morgan fingerprint density at radius 1 is 1.05 bits per heavy atom. The third kappa shape index (κ3) is 2.11. The van der Waals surface area contributed by atoms with Gasteiger partial charge in [0.2, 0.25) is 0 Å². The Kier molecular flexibility index (Phi) is 3.18. The zero-order chi connectivity index (χ0) is 15.7. The number of rotatable bonds is 4. The van der Waals surface area contributed by atoms with E-state index >= 15 is 0 Å². The van der Waals surface area contributed by atoms with Crippen molar-refractivity contribution in [2.75, 3.05) is 32.8 Å². The molecule has 0 amide bonds. The van der Waals surface area contributed by atoms with Crippen LogP contribution in [0.25, 0.3) is 0 Å². The van der Waals surface area contributed by atoms with Crippen molar-refractivity contribution in [3.05, 3.63) is 0 Å². The first kappa shape index (κ1) is 15.8. The molecule has 4 nitrogen and oxygen atoms in total. The van der Waals surface area contributed by atoms with E-state index in [1.165, 1.54) is 0 Å². The number of likely N-dealkylation sites (tertiary alicyclic amines) is 1. The Balaban J connectivity index is 1.72. The first-order valence-electron chi connectivity index (χ1n) is 7.99. The van der Waals surface area contributed by atoms with Crippen LogP contribution in [0.4, 0.5) is 0 Å². The van der Waals surface area contributed by atoms with Gasteiger partial charge in [-0.15, -0.1) is 0 Å². The molecule has 0 atom stereocenters. The lowest BCUT2D eigenvalue weighted by Gasteiger charge is -2.56. The van der Waals surface area contributed by atoms with E-state index in [0.717, 1.165) is 39.1 Å². The highest BCUT2D eigenvalue weighted by Gasteiger charge is 2.65. The maximum Gasteiger partial charge on any atom is 0.162 e. The van der Waals surface area contributed by atoms with Gasteiger partial charge < -0.3 is 9.64 Å². The van der Waals surface area contributed by atoms with Gasteiger partial charge in [-0.25, -0.2) is 8.42 Å². The zero-order valence-electron chi connectivity index (χ0n) is 14.0. The fraction of sp³-hybridized carbons (Fsp3) is 1.00. The van der Waals surface area contributed by atoms with E-state index in [-0.39, 0.29) is 5.41 Å². The normalized spacial score (nSPS) is 28.0. The molecule has 0 bridgehead atoms. The summed E-state index contributed by atoms with van der Waals surface area (Å²) in [4.78, 5) is 2.29. The minimum Gasteiger partial charge on any atom is -0.380 e. The molecule has 122 valence electrons. The average Bonchev–Trinajstić information content (AvgIpc) is 2.99. The molecule has 0 radical (unpaired) electrons. The van der Waals surface area contributed by atoms with Crippen molar-refractivity contribution in [2.45, 2.75) is 57.0 Å². The second-order valence-electron chi connectivity index (χ2n) is 9.15. The number of hydrogen-bond donors (Lipinski definition) is 0. The first-order valence-corrected chi connectivity index (χ1v) is 9.48. The average molecular weight is 315 g/mol. The molecule has 2 saturated heterocycles. The van der Waals surface area contributed by atoms with E-state index in [4.69, 9.17) is 4.74 Å². The molecule has 3 fully saturated rings. The van der Waals surface area contributed by atoms with Crippen molar-refractivity contribution in [3.63, 3.8) is 0 Å². The monoisotopic (exact) mass is 315 g/mol. The molecular formula is C16H29NO3S. The Morgan fingerprint density at radius 3 is 1.90 bits per heavy atom. The highest BCUT2D eigenvalue weighted by Crippen LogP contribution is 2.58. The van der Waals surface area contributed by atoms with E-state index in [1.54, 1.807) is 0 Å². The SMILES string of the molecule is CC(C)(C)C1(S(=O)(=O)C(C)(C)CN2CC3(COC3)C2)CC1.